The summed E-state index contributed by atoms with van der Waals surface area (Å²) < 4.78 is 49.3. The van der Waals surface area contributed by atoms with Crippen LogP contribution < -0.4 is 5.32 Å². The molecule has 2 unspecified atom stereocenters. The van der Waals surface area contributed by atoms with E-state index in [1.54, 1.807) is 6.07 Å². The second-order valence-electron chi connectivity index (χ2n) is 4.64. The smallest absolute Gasteiger partial charge is 0.376 e. The average Bonchev–Trinajstić information content (AvgIpc) is 2.45. The summed E-state index contributed by atoms with van der Waals surface area (Å²) in [5.41, 5.74) is -0.0770. The molecule has 0 amide bonds. The minimum Gasteiger partial charge on any atom is -0.376 e. The molecule has 20 heavy (non-hydrogen) atoms. The van der Waals surface area contributed by atoms with Crippen LogP contribution >= 0.6 is 0 Å². The highest BCUT2D eigenvalue weighted by Crippen LogP contribution is 2.32. The summed E-state index contributed by atoms with van der Waals surface area (Å²) in [5.74, 6) is 0. The van der Waals surface area contributed by atoms with Crippen LogP contribution in [-0.4, -0.2) is 32.5 Å². The minimum absolute atomic E-state index is 0.271. The van der Waals surface area contributed by atoms with E-state index in [9.17, 15) is 13.2 Å². The molecule has 112 valence electrons. The molecule has 2 rings (SSSR count). The fraction of sp³-hybridized carbons (Fsp3) is 0.571. The van der Waals surface area contributed by atoms with E-state index in [-0.39, 0.29) is 12.1 Å². The number of alkyl halides is 3. The molecular weight excluding hydrogens is 271 g/mol. The molecule has 1 saturated heterocycles. The number of likely N-dealkylation sites (N-methyl/N-ethyl adjacent to an activating group) is 1. The highest BCUT2D eigenvalue weighted by atomic mass is 19.4. The van der Waals surface area contributed by atoms with Crippen molar-refractivity contribution < 1.29 is 22.6 Å². The Labute approximate surface area is 116 Å². The predicted molar refractivity (Wildman–Crippen MR) is 68.4 cm³/mol. The number of ether oxygens (including phenoxy) is 2. The van der Waals surface area contributed by atoms with Gasteiger partial charge in [-0.25, -0.2) is 0 Å². The molecule has 1 aliphatic heterocycles. The van der Waals surface area contributed by atoms with Crippen molar-refractivity contribution in [3.63, 3.8) is 0 Å². The van der Waals surface area contributed by atoms with Crippen LogP contribution in [0.3, 0.4) is 0 Å². The third kappa shape index (κ3) is 3.71. The van der Waals surface area contributed by atoms with Gasteiger partial charge in [-0.1, -0.05) is 19.1 Å². The number of nitrogens with one attached hydrogen (secondary N) is 1. The number of benzene rings is 1. The maximum atomic E-state index is 12.8. The van der Waals surface area contributed by atoms with Gasteiger partial charge in [0, 0.05) is 0 Å². The fourth-order valence-corrected chi connectivity index (χ4v) is 2.29. The van der Waals surface area contributed by atoms with E-state index in [0.29, 0.717) is 31.9 Å². The first-order valence-electron chi connectivity index (χ1n) is 6.62. The van der Waals surface area contributed by atoms with E-state index < -0.39 is 11.7 Å². The quantitative estimate of drug-likeness (QED) is 0.924. The van der Waals surface area contributed by atoms with Gasteiger partial charge >= 0.3 is 6.18 Å². The fourth-order valence-electron chi connectivity index (χ4n) is 2.29. The summed E-state index contributed by atoms with van der Waals surface area (Å²) in [6.45, 7) is 3.92. The molecule has 0 bridgehead atoms. The molecule has 3 nitrogen and oxygen atoms in total. The molecule has 6 heteroatoms. The summed E-state index contributed by atoms with van der Waals surface area (Å²) in [5, 5.41) is 3.17. The van der Waals surface area contributed by atoms with E-state index in [4.69, 9.17) is 9.47 Å². The number of halogens is 3. The topological polar surface area (TPSA) is 30.5 Å². The van der Waals surface area contributed by atoms with Gasteiger partial charge in [-0.05, 0) is 24.2 Å². The maximum Gasteiger partial charge on any atom is 0.416 e. The van der Waals surface area contributed by atoms with Crippen molar-refractivity contribution in [2.45, 2.75) is 25.2 Å². The molecule has 0 aliphatic carbocycles. The zero-order valence-corrected chi connectivity index (χ0v) is 11.2. The van der Waals surface area contributed by atoms with Gasteiger partial charge < -0.3 is 14.8 Å². The van der Waals surface area contributed by atoms with Crippen LogP contribution in [0.5, 0.6) is 0 Å². The highest BCUT2D eigenvalue weighted by Gasteiger charge is 2.32. The summed E-state index contributed by atoms with van der Waals surface area (Å²) >= 11 is 0. The van der Waals surface area contributed by atoms with Crippen LogP contribution in [0.4, 0.5) is 13.2 Å². The Bertz CT molecular complexity index is 431. The van der Waals surface area contributed by atoms with Gasteiger partial charge in [0.2, 0.25) is 0 Å². The van der Waals surface area contributed by atoms with E-state index in [0.717, 1.165) is 6.07 Å². The van der Waals surface area contributed by atoms with E-state index in [2.05, 4.69) is 5.32 Å². The normalized spacial score (nSPS) is 21.7. The van der Waals surface area contributed by atoms with Crippen LogP contribution in [0.15, 0.2) is 24.3 Å². The van der Waals surface area contributed by atoms with Crippen LogP contribution in [0.1, 0.15) is 24.1 Å². The van der Waals surface area contributed by atoms with Crippen LogP contribution in [0.25, 0.3) is 0 Å². The Kier molecular flexibility index (Phi) is 5.01. The lowest BCUT2D eigenvalue weighted by Crippen LogP contribution is -2.40. The van der Waals surface area contributed by atoms with Gasteiger partial charge in [0.15, 0.2) is 0 Å². The van der Waals surface area contributed by atoms with Crippen molar-refractivity contribution in [2.75, 3.05) is 26.4 Å². The lowest BCUT2D eigenvalue weighted by molar-refractivity contribution is -0.137. The molecule has 1 aliphatic rings. The van der Waals surface area contributed by atoms with E-state index in [1.165, 1.54) is 12.1 Å². The summed E-state index contributed by atoms with van der Waals surface area (Å²) in [6.07, 6.45) is -4.61. The van der Waals surface area contributed by atoms with Crippen LogP contribution in [0.2, 0.25) is 0 Å². The van der Waals surface area contributed by atoms with E-state index >= 15 is 0 Å². The van der Waals surface area contributed by atoms with Crippen LogP contribution in [0, 0.1) is 0 Å². The monoisotopic (exact) mass is 289 g/mol. The van der Waals surface area contributed by atoms with Gasteiger partial charge in [-0.15, -0.1) is 0 Å². The highest BCUT2D eigenvalue weighted by molar-refractivity contribution is 5.28. The first-order valence-corrected chi connectivity index (χ1v) is 6.62. The van der Waals surface area contributed by atoms with Crippen LogP contribution in [-0.2, 0) is 15.7 Å². The van der Waals surface area contributed by atoms with Gasteiger partial charge in [-0.3, -0.25) is 0 Å². The van der Waals surface area contributed by atoms with Crippen molar-refractivity contribution in [2.24, 2.45) is 0 Å². The minimum atomic E-state index is -4.34. The number of hydrogen-bond donors (Lipinski definition) is 1. The Morgan fingerprint density at radius 2 is 2.15 bits per heavy atom. The van der Waals surface area contributed by atoms with Crippen molar-refractivity contribution in [3.05, 3.63) is 35.4 Å². The average molecular weight is 289 g/mol. The molecule has 1 fully saturated rings. The molecule has 0 radical (unpaired) electrons. The first-order chi connectivity index (χ1) is 9.52. The third-order valence-electron chi connectivity index (χ3n) is 3.21. The molecule has 1 heterocycles. The molecule has 2 atom stereocenters. The maximum absolute atomic E-state index is 12.8. The van der Waals surface area contributed by atoms with Gasteiger partial charge in [0.05, 0.1) is 31.4 Å². The van der Waals surface area contributed by atoms with Crippen molar-refractivity contribution >= 4 is 0 Å². The SMILES string of the molecule is CCNC(c1cccc(C(F)(F)F)c1)C1COCCO1. The summed E-state index contributed by atoms with van der Waals surface area (Å²) in [4.78, 5) is 0. The molecule has 1 aromatic rings. The number of rotatable bonds is 4. The molecule has 1 N–H and O–H groups in total. The third-order valence-corrected chi connectivity index (χ3v) is 3.21. The Hall–Kier alpha value is -1.11. The largest absolute Gasteiger partial charge is 0.416 e. The predicted octanol–water partition coefficient (Wildman–Crippen LogP) is 2.77. The summed E-state index contributed by atoms with van der Waals surface area (Å²) in [7, 11) is 0. The molecule has 0 saturated carbocycles. The Morgan fingerprint density at radius 1 is 1.35 bits per heavy atom. The molecular formula is C14H18F3NO2. The van der Waals surface area contributed by atoms with Gasteiger partial charge in [0.25, 0.3) is 0 Å². The van der Waals surface area contributed by atoms with Crippen molar-refractivity contribution in [3.8, 4) is 0 Å². The Balaban J connectivity index is 2.24. The Morgan fingerprint density at radius 3 is 2.75 bits per heavy atom. The number of hydrogen-bond acceptors (Lipinski definition) is 3. The van der Waals surface area contributed by atoms with Crippen molar-refractivity contribution in [1.29, 1.82) is 0 Å². The zero-order chi connectivity index (χ0) is 14.6. The standard InChI is InChI=1S/C14H18F3NO2/c1-2-18-13(12-9-19-6-7-20-12)10-4-3-5-11(8-10)14(15,16)17/h3-5,8,12-13,18H,2,6-7,9H2,1H3. The first kappa shape index (κ1) is 15.3. The van der Waals surface area contributed by atoms with E-state index in [1.807, 2.05) is 6.92 Å². The molecule has 0 spiro atoms. The second-order valence-corrected chi connectivity index (χ2v) is 4.64. The van der Waals surface area contributed by atoms with Gasteiger partial charge in [0.1, 0.15) is 6.10 Å². The lowest BCUT2D eigenvalue weighted by atomic mass is 9.99. The molecule has 1 aromatic carbocycles. The van der Waals surface area contributed by atoms with Crippen molar-refractivity contribution in [1.82, 2.24) is 5.32 Å². The zero-order valence-electron chi connectivity index (χ0n) is 11.2. The second kappa shape index (κ2) is 6.56. The lowest BCUT2D eigenvalue weighted by Gasteiger charge is -2.31. The van der Waals surface area contributed by atoms with Gasteiger partial charge in [-0.2, -0.15) is 13.2 Å². The summed E-state index contributed by atoms with van der Waals surface area (Å²) in [6, 6.07) is 5.05. The molecule has 0 aromatic heterocycles.